The van der Waals surface area contributed by atoms with Crippen molar-refractivity contribution in [1.29, 1.82) is 0 Å². The number of carbonyl (C=O) groups is 1. The summed E-state index contributed by atoms with van der Waals surface area (Å²) < 4.78 is 7.52. The van der Waals surface area contributed by atoms with Crippen molar-refractivity contribution < 1.29 is 9.53 Å². The van der Waals surface area contributed by atoms with Crippen LogP contribution in [0.25, 0.3) is 22.8 Å². The van der Waals surface area contributed by atoms with Crippen molar-refractivity contribution in [3.05, 3.63) is 43.2 Å². The Morgan fingerprint density at radius 1 is 1.33 bits per heavy atom. The molecule has 1 N–H and O–H groups in total. The van der Waals surface area contributed by atoms with Crippen LogP contribution in [-0.4, -0.2) is 37.2 Å². The van der Waals surface area contributed by atoms with Crippen LogP contribution in [0.2, 0.25) is 0 Å². The van der Waals surface area contributed by atoms with Crippen LogP contribution < -0.4 is 11.2 Å². The molecule has 10 heteroatoms. The highest BCUT2D eigenvalue weighted by Gasteiger charge is 2.19. The van der Waals surface area contributed by atoms with E-state index in [1.807, 2.05) is 0 Å². The first-order valence-corrected chi connectivity index (χ1v) is 7.67. The number of aromatic amines is 1. The molecule has 0 bridgehead atoms. The number of fused-ring (bicyclic) bond motifs is 1. The number of aryl methyl sites for hydroxylation is 2. The molecule has 0 unspecified atom stereocenters. The first-order chi connectivity index (χ1) is 11.4. The summed E-state index contributed by atoms with van der Waals surface area (Å²) in [5.74, 6) is -0.243. The fraction of sp³-hybridized carbons (Fsp3) is 0.214. The largest absolute Gasteiger partial charge is 0.465 e. The quantitative estimate of drug-likeness (QED) is 0.532. The van der Waals surface area contributed by atoms with Crippen molar-refractivity contribution in [3.63, 3.8) is 0 Å². The van der Waals surface area contributed by atoms with E-state index >= 15 is 0 Å². The van der Waals surface area contributed by atoms with Gasteiger partial charge in [0.25, 0.3) is 5.56 Å². The molecular formula is C14H13N5O4S. The summed E-state index contributed by atoms with van der Waals surface area (Å²) in [6, 6.07) is 0. The Kier molecular flexibility index (Phi) is 3.89. The summed E-state index contributed by atoms with van der Waals surface area (Å²) in [4.78, 5) is 46.4. The van der Waals surface area contributed by atoms with Crippen molar-refractivity contribution in [2.45, 2.75) is 0 Å². The number of ether oxygens (including phenoxy) is 1. The molecule has 0 fully saturated rings. The molecule has 0 saturated heterocycles. The van der Waals surface area contributed by atoms with Crippen molar-refractivity contribution in [1.82, 2.24) is 24.1 Å². The van der Waals surface area contributed by atoms with Gasteiger partial charge in [-0.25, -0.2) is 19.6 Å². The van der Waals surface area contributed by atoms with Gasteiger partial charge in [0, 0.05) is 25.7 Å². The number of nitrogens with one attached hydrogen (secondary N) is 1. The van der Waals surface area contributed by atoms with Crippen LogP contribution in [0.15, 0.2) is 21.2 Å². The summed E-state index contributed by atoms with van der Waals surface area (Å²) in [5, 5.41) is 2.20. The van der Waals surface area contributed by atoms with E-state index in [9.17, 15) is 14.4 Å². The molecule has 0 saturated carbocycles. The van der Waals surface area contributed by atoms with Gasteiger partial charge in [0.05, 0.1) is 12.7 Å². The van der Waals surface area contributed by atoms with E-state index in [1.165, 1.54) is 40.7 Å². The van der Waals surface area contributed by atoms with Gasteiger partial charge >= 0.3 is 11.7 Å². The molecule has 0 atom stereocenters. The summed E-state index contributed by atoms with van der Waals surface area (Å²) in [6.07, 6.45) is 3.05. The maximum Gasteiger partial charge on any atom is 0.341 e. The number of esters is 1. The number of hydrogen-bond acceptors (Lipinski definition) is 7. The van der Waals surface area contributed by atoms with Crippen LogP contribution in [0.4, 0.5) is 0 Å². The zero-order valence-electron chi connectivity index (χ0n) is 13.1. The molecule has 3 aromatic rings. The topological polar surface area (TPSA) is 112 Å². The normalized spacial score (nSPS) is 11.9. The van der Waals surface area contributed by atoms with E-state index in [0.29, 0.717) is 10.8 Å². The molecule has 9 nitrogen and oxygen atoms in total. The Morgan fingerprint density at radius 3 is 2.71 bits per heavy atom. The number of nitrogens with zero attached hydrogens (tertiary/aromatic N) is 4. The summed E-state index contributed by atoms with van der Waals surface area (Å²) in [5.41, 5.74) is -0.439. The molecule has 0 aliphatic rings. The maximum atomic E-state index is 12.0. The average Bonchev–Trinajstić information content (AvgIpc) is 3.18. The molecule has 0 spiro atoms. The highest BCUT2D eigenvalue weighted by molar-refractivity contribution is 7.11. The summed E-state index contributed by atoms with van der Waals surface area (Å²) >= 11 is 1.28. The van der Waals surface area contributed by atoms with E-state index in [0.717, 1.165) is 0 Å². The molecule has 0 radical (unpaired) electrons. The molecule has 124 valence electrons. The SMILES string of the molecule is COC(=O)C(=Cc1nc2c(c(=O)[nH]c(=O)n2C)n1C)c1nccs1. The Bertz CT molecular complexity index is 1070. The minimum absolute atomic E-state index is 0.215. The number of thiazole rings is 1. The second-order valence-corrected chi connectivity index (χ2v) is 5.80. The van der Waals surface area contributed by atoms with Crippen molar-refractivity contribution in [2.24, 2.45) is 14.1 Å². The number of H-pyrrole nitrogens is 1. The van der Waals surface area contributed by atoms with Gasteiger partial charge in [-0.1, -0.05) is 0 Å². The minimum Gasteiger partial charge on any atom is -0.465 e. The van der Waals surface area contributed by atoms with E-state index in [-0.39, 0.29) is 16.7 Å². The van der Waals surface area contributed by atoms with Crippen molar-refractivity contribution in [2.75, 3.05) is 7.11 Å². The van der Waals surface area contributed by atoms with Gasteiger partial charge in [-0.3, -0.25) is 14.3 Å². The monoisotopic (exact) mass is 347 g/mol. The fourth-order valence-electron chi connectivity index (χ4n) is 2.26. The molecule has 3 rings (SSSR count). The second kappa shape index (κ2) is 5.89. The molecule has 0 amide bonds. The number of imidazole rings is 1. The van der Waals surface area contributed by atoms with E-state index in [1.54, 1.807) is 18.6 Å². The molecule has 0 aliphatic heterocycles. The molecule has 3 aromatic heterocycles. The Balaban J connectivity index is 2.29. The fourth-order valence-corrected chi connectivity index (χ4v) is 2.90. The van der Waals surface area contributed by atoms with Gasteiger partial charge in [0.2, 0.25) is 0 Å². The van der Waals surface area contributed by atoms with Gasteiger partial charge < -0.3 is 9.30 Å². The van der Waals surface area contributed by atoms with Gasteiger partial charge in [0.15, 0.2) is 11.2 Å². The molecule has 0 aromatic carbocycles. The van der Waals surface area contributed by atoms with Crippen LogP contribution in [0.1, 0.15) is 10.8 Å². The Morgan fingerprint density at radius 2 is 2.08 bits per heavy atom. The standard InChI is InChI=1S/C14H13N5O4S/c1-18-8(6-7(13(21)23-3)12-15-4-5-24-12)16-10-9(18)11(20)17-14(22)19(10)2/h4-6H,1-3H3,(H,17,20,22). The number of methoxy groups -OCH3 is 1. The lowest BCUT2D eigenvalue weighted by molar-refractivity contribution is -0.133. The summed E-state index contributed by atoms with van der Waals surface area (Å²) in [6.45, 7) is 0. The molecular weight excluding hydrogens is 334 g/mol. The molecule has 24 heavy (non-hydrogen) atoms. The van der Waals surface area contributed by atoms with E-state index in [4.69, 9.17) is 4.74 Å². The van der Waals surface area contributed by atoms with Gasteiger partial charge in [-0.15, -0.1) is 11.3 Å². The third-order valence-electron chi connectivity index (χ3n) is 3.51. The van der Waals surface area contributed by atoms with Crippen molar-refractivity contribution >= 4 is 40.1 Å². The zero-order chi connectivity index (χ0) is 17.4. The first kappa shape index (κ1) is 15.9. The molecule has 3 heterocycles. The predicted molar refractivity (Wildman–Crippen MR) is 88.6 cm³/mol. The average molecular weight is 347 g/mol. The van der Waals surface area contributed by atoms with Crippen LogP contribution in [0, 0.1) is 0 Å². The maximum absolute atomic E-state index is 12.0. The van der Waals surface area contributed by atoms with Crippen LogP contribution in [0.5, 0.6) is 0 Å². The lowest BCUT2D eigenvalue weighted by atomic mass is 10.2. The second-order valence-electron chi connectivity index (χ2n) is 4.91. The van der Waals surface area contributed by atoms with Gasteiger partial charge in [-0.2, -0.15) is 0 Å². The minimum atomic E-state index is -0.570. The molecule has 0 aliphatic carbocycles. The van der Waals surface area contributed by atoms with Gasteiger partial charge in [-0.05, 0) is 6.08 Å². The highest BCUT2D eigenvalue weighted by Crippen LogP contribution is 2.22. The van der Waals surface area contributed by atoms with Crippen molar-refractivity contribution in [3.8, 4) is 0 Å². The Hall–Kier alpha value is -3.01. The van der Waals surface area contributed by atoms with E-state index in [2.05, 4.69) is 15.0 Å². The first-order valence-electron chi connectivity index (χ1n) is 6.79. The number of hydrogen-bond donors (Lipinski definition) is 1. The number of rotatable bonds is 3. The predicted octanol–water partition coefficient (Wildman–Crippen LogP) is 0.130. The lowest BCUT2D eigenvalue weighted by Gasteiger charge is -2.02. The summed E-state index contributed by atoms with van der Waals surface area (Å²) in [7, 11) is 4.40. The number of carbonyl (C=O) groups excluding carboxylic acids is 1. The lowest BCUT2D eigenvalue weighted by Crippen LogP contribution is -2.29. The third kappa shape index (κ3) is 2.46. The third-order valence-corrected chi connectivity index (χ3v) is 4.32. The van der Waals surface area contributed by atoms with Gasteiger partial charge in [0.1, 0.15) is 10.8 Å². The smallest absolute Gasteiger partial charge is 0.341 e. The number of aromatic nitrogens is 5. The van der Waals surface area contributed by atoms with Crippen LogP contribution >= 0.6 is 11.3 Å². The highest BCUT2D eigenvalue weighted by atomic mass is 32.1. The van der Waals surface area contributed by atoms with E-state index < -0.39 is 17.2 Å². The van der Waals surface area contributed by atoms with Crippen LogP contribution in [-0.2, 0) is 23.6 Å². The van der Waals surface area contributed by atoms with Crippen LogP contribution in [0.3, 0.4) is 0 Å². The Labute approximate surface area is 138 Å². The zero-order valence-corrected chi connectivity index (χ0v) is 13.9.